The number of hydrogen-bond donors (Lipinski definition) is 0. The Bertz CT molecular complexity index is 1750. The predicted octanol–water partition coefficient (Wildman–Crippen LogP) is 4.52. The van der Waals surface area contributed by atoms with E-state index < -0.39 is 0 Å². The van der Waals surface area contributed by atoms with E-state index in [9.17, 15) is 0 Å². The van der Waals surface area contributed by atoms with E-state index in [2.05, 4.69) is 107 Å². The average Bonchev–Trinajstić information content (AvgIpc) is 3.40. The van der Waals surface area contributed by atoms with E-state index in [1.165, 1.54) is 66.0 Å². The average molecular weight is 421 g/mol. The smallest absolute Gasteiger partial charge is 0.332 e. The van der Waals surface area contributed by atoms with Gasteiger partial charge in [-0.25, -0.2) is 0 Å². The fraction of sp³-hybridized carbons (Fsp3) is 0.103. The maximum absolute atomic E-state index is 2.62. The summed E-state index contributed by atoms with van der Waals surface area (Å²) in [6.07, 6.45) is 3.82. The van der Waals surface area contributed by atoms with Gasteiger partial charge in [-0.15, -0.1) is 0 Å². The summed E-state index contributed by atoms with van der Waals surface area (Å²) >= 11 is 0. The number of likely N-dealkylation sites (N-methyl/N-ethyl adjacent to an activating group) is 1. The molecule has 4 heteroatoms. The van der Waals surface area contributed by atoms with E-state index in [1.54, 1.807) is 0 Å². The van der Waals surface area contributed by atoms with Gasteiger partial charge in [0.15, 0.2) is 0 Å². The van der Waals surface area contributed by atoms with Crippen LogP contribution in [0.1, 0.15) is 5.56 Å². The predicted molar refractivity (Wildman–Crippen MR) is 139 cm³/mol. The van der Waals surface area contributed by atoms with Gasteiger partial charge < -0.3 is 14.6 Å². The van der Waals surface area contributed by atoms with Crippen molar-refractivity contribution in [3.63, 3.8) is 0 Å². The van der Waals surface area contributed by atoms with Gasteiger partial charge in [-0.3, -0.25) is 0 Å². The van der Waals surface area contributed by atoms with Gasteiger partial charge in [0.25, 0.3) is 0 Å². The first kappa shape index (κ1) is 16.7. The number of benzene rings is 5. The van der Waals surface area contributed by atoms with Crippen LogP contribution < -0.4 is 20.6 Å². The highest BCUT2D eigenvalue weighted by atomic mass is 15.5. The van der Waals surface area contributed by atoms with Crippen LogP contribution in [0.4, 0.5) is 11.4 Å². The summed E-state index contributed by atoms with van der Waals surface area (Å²) in [5.41, 5.74) is 7.10. The lowest BCUT2D eigenvalue weighted by Gasteiger charge is -2.45. The third kappa shape index (κ3) is 1.73. The normalized spacial score (nSPS) is 19.2. The van der Waals surface area contributed by atoms with Crippen molar-refractivity contribution in [2.75, 3.05) is 16.8 Å². The number of fused-ring (bicyclic) bond motifs is 8. The summed E-state index contributed by atoms with van der Waals surface area (Å²) in [7, 11) is 2.23. The lowest BCUT2D eigenvalue weighted by atomic mass is 9.45. The summed E-state index contributed by atoms with van der Waals surface area (Å²) in [5.74, 6) is 1.31. The molecule has 5 aromatic rings. The molecular weight excluding hydrogens is 401 g/mol. The van der Waals surface area contributed by atoms with Crippen molar-refractivity contribution in [2.24, 2.45) is 0 Å². The lowest BCUT2D eigenvalue weighted by molar-refractivity contribution is 0.368. The number of para-hydroxylation sites is 1. The minimum Gasteiger partial charge on any atom is -0.361 e. The Morgan fingerprint density at radius 2 is 1.42 bits per heavy atom. The molecule has 154 valence electrons. The van der Waals surface area contributed by atoms with E-state index in [0.29, 0.717) is 6.17 Å². The Kier molecular flexibility index (Phi) is 2.70. The highest BCUT2D eigenvalue weighted by Gasteiger charge is 2.51. The molecule has 0 N–H and O–H groups in total. The topological polar surface area (TPSA) is 9.72 Å². The SMILES string of the molecule is CN1C=C2N3B(c4cccc5c4N2C1C5)c1cccc2c4ccccc4c4cccc3c4c12. The third-order valence-corrected chi connectivity index (χ3v) is 8.38. The Labute approximate surface area is 192 Å². The molecule has 0 fully saturated rings. The zero-order chi connectivity index (χ0) is 21.4. The van der Waals surface area contributed by atoms with Crippen molar-refractivity contribution in [3.05, 3.63) is 96.4 Å². The van der Waals surface area contributed by atoms with E-state index in [1.807, 2.05) is 0 Å². The standard InChI is InChI=1S/C29H20BN3/c1-31-16-26-32-25(31)15-17-7-4-13-23(29(17)32)30-22-12-5-10-20-18-8-2-3-9-19(18)21-11-6-14-24(33(26)30)28(21)27(20)22/h2-14,16,25H,15H2,1H3. The minimum absolute atomic E-state index is 0.190. The van der Waals surface area contributed by atoms with Gasteiger partial charge in [0.2, 0.25) is 0 Å². The van der Waals surface area contributed by atoms with Gasteiger partial charge >= 0.3 is 6.85 Å². The van der Waals surface area contributed by atoms with Gasteiger partial charge in [-0.05, 0) is 49.5 Å². The number of rotatable bonds is 0. The van der Waals surface area contributed by atoms with Gasteiger partial charge in [0.1, 0.15) is 12.0 Å². The first-order valence-electron chi connectivity index (χ1n) is 11.8. The Morgan fingerprint density at radius 3 is 2.27 bits per heavy atom. The van der Waals surface area contributed by atoms with Crippen molar-refractivity contribution in [1.82, 2.24) is 4.90 Å². The van der Waals surface area contributed by atoms with Crippen molar-refractivity contribution >= 4 is 61.5 Å². The molecule has 0 saturated carbocycles. The van der Waals surface area contributed by atoms with E-state index >= 15 is 0 Å². The molecular formula is C29H20BN3. The molecule has 0 bridgehead atoms. The Balaban J connectivity index is 1.53. The number of nitrogens with zero attached hydrogens (tertiary/aromatic N) is 3. The molecule has 1 atom stereocenters. The van der Waals surface area contributed by atoms with E-state index in [-0.39, 0.29) is 6.85 Å². The van der Waals surface area contributed by atoms with Crippen LogP contribution in [0, 0.1) is 0 Å². The highest BCUT2D eigenvalue weighted by molar-refractivity contribution is 6.93. The van der Waals surface area contributed by atoms with E-state index in [4.69, 9.17) is 0 Å². The molecule has 4 aliphatic rings. The molecule has 3 nitrogen and oxygen atoms in total. The second-order valence-electron chi connectivity index (χ2n) is 9.85. The van der Waals surface area contributed by atoms with Gasteiger partial charge in [-0.2, -0.15) is 0 Å². The van der Waals surface area contributed by atoms with Gasteiger partial charge in [-0.1, -0.05) is 72.8 Å². The molecule has 0 aliphatic carbocycles. The van der Waals surface area contributed by atoms with Crippen molar-refractivity contribution < 1.29 is 0 Å². The monoisotopic (exact) mass is 421 g/mol. The maximum Gasteiger partial charge on any atom is 0.332 e. The van der Waals surface area contributed by atoms with Crippen LogP contribution in [0.5, 0.6) is 0 Å². The summed E-state index contributed by atoms with van der Waals surface area (Å²) < 4.78 is 0. The Morgan fingerprint density at radius 1 is 0.727 bits per heavy atom. The van der Waals surface area contributed by atoms with Crippen LogP contribution >= 0.6 is 0 Å². The van der Waals surface area contributed by atoms with Crippen LogP contribution in [-0.4, -0.2) is 25.0 Å². The maximum atomic E-state index is 2.62. The van der Waals surface area contributed by atoms with Gasteiger partial charge in [0.05, 0.1) is 0 Å². The second kappa shape index (κ2) is 5.35. The molecule has 33 heavy (non-hydrogen) atoms. The summed E-state index contributed by atoms with van der Waals surface area (Å²) in [6, 6.07) is 29.7. The number of hydrogen-bond acceptors (Lipinski definition) is 3. The summed E-state index contributed by atoms with van der Waals surface area (Å²) in [6.45, 7) is 0.190. The second-order valence-corrected chi connectivity index (χ2v) is 9.85. The number of anilines is 2. The molecule has 9 rings (SSSR count). The molecule has 0 spiro atoms. The third-order valence-electron chi connectivity index (χ3n) is 8.38. The Hall–Kier alpha value is -3.92. The first-order valence-corrected chi connectivity index (χ1v) is 11.8. The van der Waals surface area contributed by atoms with Crippen LogP contribution in [0.25, 0.3) is 32.3 Å². The fourth-order valence-electron chi connectivity index (χ4n) is 7.15. The molecule has 5 aromatic carbocycles. The van der Waals surface area contributed by atoms with Crippen LogP contribution in [0.3, 0.4) is 0 Å². The zero-order valence-electron chi connectivity index (χ0n) is 18.3. The van der Waals surface area contributed by atoms with Crippen molar-refractivity contribution in [2.45, 2.75) is 12.6 Å². The lowest BCUT2D eigenvalue weighted by Crippen LogP contribution is -2.64. The molecule has 0 saturated heterocycles. The zero-order valence-corrected chi connectivity index (χ0v) is 18.3. The molecule has 0 aromatic heterocycles. The first-order chi connectivity index (χ1) is 16.3. The molecule has 4 heterocycles. The van der Waals surface area contributed by atoms with Gasteiger partial charge in [0, 0.05) is 36.4 Å². The van der Waals surface area contributed by atoms with E-state index in [0.717, 1.165) is 6.42 Å². The molecule has 0 radical (unpaired) electrons. The molecule has 1 unspecified atom stereocenters. The fourth-order valence-corrected chi connectivity index (χ4v) is 7.15. The van der Waals surface area contributed by atoms with Crippen molar-refractivity contribution in [1.29, 1.82) is 0 Å². The summed E-state index contributed by atoms with van der Waals surface area (Å²) in [5, 5.41) is 8.23. The largest absolute Gasteiger partial charge is 0.361 e. The van der Waals surface area contributed by atoms with Crippen LogP contribution in [-0.2, 0) is 6.42 Å². The van der Waals surface area contributed by atoms with Crippen LogP contribution in [0.15, 0.2) is 90.9 Å². The van der Waals surface area contributed by atoms with Crippen molar-refractivity contribution in [3.8, 4) is 0 Å². The van der Waals surface area contributed by atoms with Crippen LogP contribution in [0.2, 0.25) is 0 Å². The molecule has 4 aliphatic heterocycles. The highest BCUT2D eigenvalue weighted by Crippen LogP contribution is 2.49. The minimum atomic E-state index is 0.190. The summed E-state index contributed by atoms with van der Waals surface area (Å²) in [4.78, 5) is 7.61. The molecule has 0 amide bonds. The quantitative estimate of drug-likeness (QED) is 0.269.